The molecule has 7 aromatic carbocycles. The van der Waals surface area contributed by atoms with Gasteiger partial charge >= 0.3 is 0 Å². The van der Waals surface area contributed by atoms with Gasteiger partial charge in [0, 0.05) is 29.5 Å². The van der Waals surface area contributed by atoms with Crippen molar-refractivity contribution in [2.45, 2.75) is 25.2 Å². The highest BCUT2D eigenvalue weighted by molar-refractivity contribution is 6.12. The number of para-hydroxylation sites is 2. The van der Waals surface area contributed by atoms with Crippen molar-refractivity contribution in [3.63, 3.8) is 0 Å². The van der Waals surface area contributed by atoms with Gasteiger partial charge in [0.1, 0.15) is 0 Å². The van der Waals surface area contributed by atoms with Gasteiger partial charge in [0.05, 0.1) is 22.1 Å². The van der Waals surface area contributed by atoms with E-state index in [1.54, 1.807) is 0 Å². The molecule has 0 spiro atoms. The summed E-state index contributed by atoms with van der Waals surface area (Å²) >= 11 is 0. The van der Waals surface area contributed by atoms with Gasteiger partial charge in [-0.15, -0.1) is 0 Å². The molecule has 1 aromatic heterocycles. The fourth-order valence-corrected chi connectivity index (χ4v) is 8.86. The van der Waals surface area contributed by atoms with Crippen molar-refractivity contribution in [2.75, 3.05) is 0 Å². The standard InChI is InChI=1S/C46H33N.9H2/c1-29-18-23-32(24-19-29)46(33-25-20-30(2)21-26-33)40-16-9-15-39-36-12-7-8-17-42(36)47(45(39)40)43-27-22-31(28-41(43)46)44-37-13-5-3-10-34(37)35-11-4-6-14-38(35)44;;;;;;;;;/h3-28,44H,1-2H3;9*1H. The summed E-state index contributed by atoms with van der Waals surface area (Å²) in [6.07, 6.45) is 0. The summed E-state index contributed by atoms with van der Waals surface area (Å²) in [5.74, 6) is 0.167. The average molecular weight is 618 g/mol. The lowest BCUT2D eigenvalue weighted by Gasteiger charge is -2.42. The van der Waals surface area contributed by atoms with Crippen LogP contribution in [0.5, 0.6) is 0 Å². The van der Waals surface area contributed by atoms with Gasteiger partial charge in [-0.05, 0) is 76.1 Å². The molecular weight excluding hydrogens is 567 g/mol. The van der Waals surface area contributed by atoms with Crippen LogP contribution >= 0.6 is 0 Å². The van der Waals surface area contributed by atoms with E-state index >= 15 is 0 Å². The number of benzene rings is 7. The van der Waals surface area contributed by atoms with Crippen LogP contribution in [-0.2, 0) is 5.41 Å². The Morgan fingerprint density at radius 3 is 1.74 bits per heavy atom. The highest BCUT2D eigenvalue weighted by Crippen LogP contribution is 2.56. The molecule has 2 aliphatic rings. The number of fused-ring (bicyclic) bond motifs is 8. The van der Waals surface area contributed by atoms with Crippen LogP contribution in [0.3, 0.4) is 0 Å². The summed E-state index contributed by atoms with van der Waals surface area (Å²) in [4.78, 5) is 0. The van der Waals surface area contributed by atoms with Crippen LogP contribution < -0.4 is 0 Å². The van der Waals surface area contributed by atoms with Gasteiger partial charge in [-0.1, -0.05) is 157 Å². The summed E-state index contributed by atoms with van der Waals surface area (Å²) in [5, 5.41) is 2.59. The third kappa shape index (κ3) is 3.49. The van der Waals surface area contributed by atoms with Crippen molar-refractivity contribution in [3.05, 3.63) is 208 Å². The monoisotopic (exact) mass is 617 g/mol. The predicted molar refractivity (Wildman–Crippen MR) is 214 cm³/mol. The van der Waals surface area contributed by atoms with E-state index in [9.17, 15) is 0 Å². The second-order valence-electron chi connectivity index (χ2n) is 13.4. The Balaban J connectivity index is 0.00000174. The molecule has 47 heavy (non-hydrogen) atoms. The van der Waals surface area contributed by atoms with E-state index < -0.39 is 5.41 Å². The fourth-order valence-electron chi connectivity index (χ4n) is 8.86. The first kappa shape index (κ1) is 26.5. The van der Waals surface area contributed by atoms with Crippen molar-refractivity contribution < 1.29 is 12.8 Å². The summed E-state index contributed by atoms with van der Waals surface area (Å²) in [6, 6.07) is 59.7. The van der Waals surface area contributed by atoms with Gasteiger partial charge in [-0.25, -0.2) is 0 Å². The van der Waals surface area contributed by atoms with E-state index in [1.165, 1.54) is 88.7 Å². The molecule has 1 aliphatic carbocycles. The molecule has 8 aromatic rings. The topological polar surface area (TPSA) is 4.93 Å². The predicted octanol–water partition coefficient (Wildman–Crippen LogP) is 13.5. The molecule has 0 unspecified atom stereocenters. The van der Waals surface area contributed by atoms with Gasteiger partial charge < -0.3 is 4.57 Å². The minimum atomic E-state index is -0.520. The SMILES string of the molecule is Cc1ccc(C2(c3ccc(C)cc3)c3cc(C4c5ccccc5-c5ccccc54)ccc3-n3c4ccccc4c4cccc2c43)cc1.[HH].[HH].[HH].[HH].[HH].[HH].[HH].[HH].[HH]. The van der Waals surface area contributed by atoms with Crippen molar-refractivity contribution in [1.82, 2.24) is 4.57 Å². The van der Waals surface area contributed by atoms with Crippen LogP contribution in [0.15, 0.2) is 158 Å². The maximum Gasteiger partial charge on any atom is 0.0742 e. The normalized spacial score (nSPS) is 14.3. The zero-order valence-electron chi connectivity index (χ0n) is 26.5. The Kier molecular flexibility index (Phi) is 5.46. The minimum Gasteiger partial charge on any atom is -0.309 e. The zero-order valence-corrected chi connectivity index (χ0v) is 26.5. The Labute approximate surface area is 288 Å². The maximum absolute atomic E-state index is 2.55. The first-order valence-electron chi connectivity index (χ1n) is 16.6. The molecule has 0 bridgehead atoms. The smallest absolute Gasteiger partial charge is 0.0742 e. The highest BCUT2D eigenvalue weighted by atomic mass is 15.0. The van der Waals surface area contributed by atoms with Gasteiger partial charge in [0.25, 0.3) is 0 Å². The highest BCUT2D eigenvalue weighted by Gasteiger charge is 2.46. The molecule has 1 aliphatic heterocycles. The number of aryl methyl sites for hydroxylation is 2. The van der Waals surface area contributed by atoms with Crippen molar-refractivity contribution in [2.24, 2.45) is 0 Å². The lowest BCUT2D eigenvalue weighted by molar-refractivity contribution is 0.724. The Morgan fingerprint density at radius 1 is 0.511 bits per heavy atom. The number of rotatable bonds is 3. The van der Waals surface area contributed by atoms with E-state index in [0.29, 0.717) is 0 Å². The second-order valence-corrected chi connectivity index (χ2v) is 13.4. The maximum atomic E-state index is 2.55. The van der Waals surface area contributed by atoms with Gasteiger partial charge in [-0.2, -0.15) is 0 Å². The average Bonchev–Trinajstić information content (AvgIpc) is 3.64. The van der Waals surface area contributed by atoms with Gasteiger partial charge in [0.2, 0.25) is 0 Å². The molecule has 0 radical (unpaired) electrons. The Bertz CT molecular complexity index is 2470. The number of nitrogens with zero attached hydrogens (tertiary/aromatic N) is 1. The Morgan fingerprint density at radius 2 is 1.09 bits per heavy atom. The van der Waals surface area contributed by atoms with Crippen LogP contribution in [0, 0.1) is 13.8 Å². The zero-order chi connectivity index (χ0) is 31.3. The lowest BCUT2D eigenvalue weighted by Crippen LogP contribution is -2.35. The minimum absolute atomic E-state index is 0. The first-order valence-corrected chi connectivity index (χ1v) is 16.6. The second kappa shape index (κ2) is 9.67. The van der Waals surface area contributed by atoms with Crippen LogP contribution in [-0.4, -0.2) is 4.57 Å². The lowest BCUT2D eigenvalue weighted by atomic mass is 9.62. The molecule has 2 heterocycles. The third-order valence-corrected chi connectivity index (χ3v) is 10.9. The molecule has 0 amide bonds. The molecule has 10 rings (SSSR count). The van der Waals surface area contributed by atoms with Crippen molar-refractivity contribution >= 4 is 21.8 Å². The van der Waals surface area contributed by atoms with Crippen LogP contribution in [0.25, 0.3) is 38.6 Å². The molecule has 240 valence electrons. The molecular formula is C46H51N. The summed E-state index contributed by atoms with van der Waals surface area (Å²) in [5.41, 5.74) is 17.8. The molecule has 0 saturated carbocycles. The first-order chi connectivity index (χ1) is 23.1. The van der Waals surface area contributed by atoms with E-state index in [1.807, 2.05) is 0 Å². The molecule has 1 nitrogen and oxygen atoms in total. The largest absolute Gasteiger partial charge is 0.309 e. The molecule has 0 fully saturated rings. The van der Waals surface area contributed by atoms with Crippen LogP contribution in [0.2, 0.25) is 0 Å². The number of hydrogen-bond donors (Lipinski definition) is 0. The van der Waals surface area contributed by atoms with Crippen LogP contribution in [0.1, 0.15) is 68.8 Å². The molecule has 1 heteroatoms. The van der Waals surface area contributed by atoms with E-state index in [4.69, 9.17) is 0 Å². The van der Waals surface area contributed by atoms with E-state index in [-0.39, 0.29) is 18.8 Å². The summed E-state index contributed by atoms with van der Waals surface area (Å²) in [7, 11) is 0. The molecule has 0 atom stereocenters. The van der Waals surface area contributed by atoms with Gasteiger partial charge in [-0.3, -0.25) is 0 Å². The molecule has 0 saturated heterocycles. The molecule has 0 N–H and O–H groups in total. The number of aromatic nitrogens is 1. The quantitative estimate of drug-likeness (QED) is 0.186. The summed E-state index contributed by atoms with van der Waals surface area (Å²) < 4.78 is 2.54. The third-order valence-electron chi connectivity index (χ3n) is 10.9. The fraction of sp³-hybridized carbons (Fsp3) is 0.0870. The van der Waals surface area contributed by atoms with Crippen molar-refractivity contribution in [3.8, 4) is 16.8 Å². The number of hydrogen-bond acceptors (Lipinski definition) is 0. The summed E-state index contributed by atoms with van der Waals surface area (Å²) in [6.45, 7) is 4.37. The van der Waals surface area contributed by atoms with E-state index in [0.717, 1.165) is 0 Å². The van der Waals surface area contributed by atoms with Gasteiger partial charge in [0.15, 0.2) is 0 Å². The van der Waals surface area contributed by atoms with E-state index in [2.05, 4.69) is 176 Å². The van der Waals surface area contributed by atoms with Crippen LogP contribution in [0.4, 0.5) is 0 Å². The van der Waals surface area contributed by atoms with Crippen molar-refractivity contribution in [1.29, 1.82) is 0 Å². The Hall–Kier alpha value is -5.66.